The van der Waals surface area contributed by atoms with Crippen molar-refractivity contribution in [3.63, 3.8) is 0 Å². The van der Waals surface area contributed by atoms with E-state index in [1.165, 1.54) is 6.07 Å². The van der Waals surface area contributed by atoms with Crippen LogP contribution >= 0.6 is 0 Å². The molecule has 1 N–H and O–H groups in total. The van der Waals surface area contributed by atoms with Crippen LogP contribution in [0.3, 0.4) is 0 Å². The molecule has 0 aliphatic rings. The average Bonchev–Trinajstić information content (AvgIpc) is 2.83. The predicted octanol–water partition coefficient (Wildman–Crippen LogP) is 3.25. The van der Waals surface area contributed by atoms with Crippen molar-refractivity contribution in [3.05, 3.63) is 53.5 Å². The van der Waals surface area contributed by atoms with Gasteiger partial charge in [0.2, 0.25) is 0 Å². The van der Waals surface area contributed by atoms with Crippen molar-refractivity contribution >= 4 is 0 Å². The Balaban J connectivity index is 2.00. The van der Waals surface area contributed by atoms with Gasteiger partial charge in [-0.2, -0.15) is 0 Å². The van der Waals surface area contributed by atoms with Crippen LogP contribution in [0.25, 0.3) is 0 Å². The Labute approximate surface area is 110 Å². The van der Waals surface area contributed by atoms with Gasteiger partial charge in [-0.25, -0.2) is 8.78 Å². The second kappa shape index (κ2) is 6.33. The fourth-order valence-corrected chi connectivity index (χ4v) is 1.64. The molecule has 0 amide bonds. The zero-order valence-electron chi connectivity index (χ0n) is 10.6. The van der Waals surface area contributed by atoms with E-state index in [1.807, 2.05) is 6.92 Å². The lowest BCUT2D eigenvalue weighted by atomic mass is 10.2. The van der Waals surface area contributed by atoms with Crippen LogP contribution < -0.4 is 10.1 Å². The van der Waals surface area contributed by atoms with Crippen molar-refractivity contribution in [2.45, 2.75) is 20.1 Å². The van der Waals surface area contributed by atoms with Gasteiger partial charge in [0.1, 0.15) is 18.2 Å². The van der Waals surface area contributed by atoms with Gasteiger partial charge in [-0.1, -0.05) is 6.92 Å². The lowest BCUT2D eigenvalue weighted by molar-refractivity contribution is 0.285. The van der Waals surface area contributed by atoms with Gasteiger partial charge in [0.05, 0.1) is 12.8 Å². The maximum atomic E-state index is 13.4. The van der Waals surface area contributed by atoms with E-state index in [1.54, 1.807) is 12.3 Å². The Morgan fingerprint density at radius 3 is 2.84 bits per heavy atom. The van der Waals surface area contributed by atoms with Crippen LogP contribution in [0.2, 0.25) is 0 Å². The zero-order valence-corrected chi connectivity index (χ0v) is 10.6. The van der Waals surface area contributed by atoms with Gasteiger partial charge in [0, 0.05) is 11.6 Å². The fraction of sp³-hybridized carbons (Fsp3) is 0.286. The molecule has 0 spiro atoms. The fourth-order valence-electron chi connectivity index (χ4n) is 1.64. The molecule has 2 rings (SSSR count). The minimum atomic E-state index is -0.711. The van der Waals surface area contributed by atoms with E-state index in [0.29, 0.717) is 6.54 Å². The largest absolute Gasteiger partial charge is 0.486 e. The van der Waals surface area contributed by atoms with Gasteiger partial charge < -0.3 is 14.5 Å². The van der Waals surface area contributed by atoms with Crippen LogP contribution in [0.5, 0.6) is 5.75 Å². The summed E-state index contributed by atoms with van der Waals surface area (Å²) >= 11 is 0. The molecule has 19 heavy (non-hydrogen) atoms. The number of nitrogens with one attached hydrogen (secondary N) is 1. The van der Waals surface area contributed by atoms with Crippen LogP contribution in [0.15, 0.2) is 34.9 Å². The van der Waals surface area contributed by atoms with E-state index in [-0.39, 0.29) is 12.4 Å². The van der Waals surface area contributed by atoms with Crippen molar-refractivity contribution in [2.75, 3.05) is 6.54 Å². The molecule has 0 saturated heterocycles. The highest BCUT2D eigenvalue weighted by Gasteiger charge is 2.09. The Hall–Kier alpha value is -1.88. The predicted molar refractivity (Wildman–Crippen MR) is 66.8 cm³/mol. The lowest BCUT2D eigenvalue weighted by Gasteiger charge is -2.07. The Morgan fingerprint density at radius 2 is 2.11 bits per heavy atom. The molecule has 0 unspecified atom stereocenters. The van der Waals surface area contributed by atoms with Crippen LogP contribution in [0.1, 0.15) is 18.2 Å². The first-order valence-electron chi connectivity index (χ1n) is 6.04. The van der Waals surface area contributed by atoms with E-state index >= 15 is 0 Å². The third-order valence-electron chi connectivity index (χ3n) is 2.65. The summed E-state index contributed by atoms with van der Waals surface area (Å²) in [5.74, 6) is -0.556. The summed E-state index contributed by atoms with van der Waals surface area (Å²) in [5.41, 5.74) is 0.838. The Kier molecular flexibility index (Phi) is 4.52. The van der Waals surface area contributed by atoms with Crippen molar-refractivity contribution in [3.8, 4) is 5.75 Å². The molecule has 3 nitrogen and oxygen atoms in total. The molecule has 0 bridgehead atoms. The first-order valence-corrected chi connectivity index (χ1v) is 6.04. The van der Waals surface area contributed by atoms with E-state index in [4.69, 9.17) is 9.15 Å². The molecule has 0 saturated carbocycles. The third kappa shape index (κ3) is 3.54. The van der Waals surface area contributed by atoms with Crippen LogP contribution in [-0.4, -0.2) is 6.54 Å². The molecule has 0 radical (unpaired) electrons. The lowest BCUT2D eigenvalue weighted by Crippen LogP contribution is -2.12. The minimum Gasteiger partial charge on any atom is -0.486 e. The maximum Gasteiger partial charge on any atom is 0.167 e. The van der Waals surface area contributed by atoms with Crippen molar-refractivity contribution in [2.24, 2.45) is 0 Å². The normalized spacial score (nSPS) is 10.7. The third-order valence-corrected chi connectivity index (χ3v) is 2.65. The summed E-state index contributed by atoms with van der Waals surface area (Å²) in [5, 5.41) is 3.14. The van der Waals surface area contributed by atoms with Gasteiger partial charge in [0.25, 0.3) is 0 Å². The monoisotopic (exact) mass is 267 g/mol. The number of halogens is 2. The summed E-state index contributed by atoms with van der Waals surface area (Å²) in [4.78, 5) is 0. The molecule has 2 aromatic rings. The Bertz CT molecular complexity index is 540. The van der Waals surface area contributed by atoms with Crippen molar-refractivity contribution in [1.29, 1.82) is 0 Å². The molecule has 0 fully saturated rings. The highest BCUT2D eigenvalue weighted by Crippen LogP contribution is 2.20. The van der Waals surface area contributed by atoms with Crippen molar-refractivity contribution in [1.82, 2.24) is 5.32 Å². The van der Waals surface area contributed by atoms with Gasteiger partial charge >= 0.3 is 0 Å². The topological polar surface area (TPSA) is 34.4 Å². The van der Waals surface area contributed by atoms with Gasteiger partial charge in [-0.05, 0) is 24.7 Å². The summed E-state index contributed by atoms with van der Waals surface area (Å²) in [7, 11) is 0. The molecule has 1 aromatic carbocycles. The van der Waals surface area contributed by atoms with E-state index in [0.717, 1.165) is 30.0 Å². The van der Waals surface area contributed by atoms with Gasteiger partial charge in [-0.15, -0.1) is 0 Å². The first kappa shape index (κ1) is 13.5. The molecule has 102 valence electrons. The number of ether oxygens (including phenoxy) is 1. The summed E-state index contributed by atoms with van der Waals surface area (Å²) < 4.78 is 36.8. The molecule has 0 aliphatic heterocycles. The minimum absolute atomic E-state index is 0.0250. The van der Waals surface area contributed by atoms with E-state index < -0.39 is 11.6 Å². The summed E-state index contributed by atoms with van der Waals surface area (Å²) in [6.07, 6.45) is 1.56. The van der Waals surface area contributed by atoms with E-state index in [9.17, 15) is 8.78 Å². The molecular weight excluding hydrogens is 252 g/mol. The number of hydrogen-bond acceptors (Lipinski definition) is 3. The molecule has 0 aliphatic carbocycles. The maximum absolute atomic E-state index is 13.4. The van der Waals surface area contributed by atoms with Gasteiger partial charge in [-0.3, -0.25) is 0 Å². The summed E-state index contributed by atoms with van der Waals surface area (Å²) in [6.45, 7) is 3.59. The highest BCUT2D eigenvalue weighted by atomic mass is 19.1. The second-order valence-corrected chi connectivity index (χ2v) is 4.01. The number of benzene rings is 1. The molecular formula is C14H15F2NO2. The van der Waals surface area contributed by atoms with Crippen LogP contribution in [0.4, 0.5) is 8.78 Å². The number of rotatable bonds is 6. The smallest absolute Gasteiger partial charge is 0.167 e. The number of furan rings is 1. The molecule has 1 aromatic heterocycles. The first-order chi connectivity index (χ1) is 9.20. The van der Waals surface area contributed by atoms with E-state index in [2.05, 4.69) is 5.32 Å². The molecule has 0 atom stereocenters. The van der Waals surface area contributed by atoms with Gasteiger partial charge in [0.15, 0.2) is 11.6 Å². The summed E-state index contributed by atoms with van der Waals surface area (Å²) in [6, 6.07) is 5.00. The van der Waals surface area contributed by atoms with Crippen LogP contribution in [-0.2, 0) is 13.2 Å². The highest BCUT2D eigenvalue weighted by molar-refractivity contribution is 5.25. The second-order valence-electron chi connectivity index (χ2n) is 4.01. The SMILES string of the molecule is CCNCc1occc1COc1ccc(F)cc1F. The molecule has 5 heteroatoms. The Morgan fingerprint density at radius 1 is 1.26 bits per heavy atom. The zero-order chi connectivity index (χ0) is 13.7. The average molecular weight is 267 g/mol. The molecule has 1 heterocycles. The van der Waals surface area contributed by atoms with Crippen LogP contribution in [0, 0.1) is 11.6 Å². The van der Waals surface area contributed by atoms with Crippen molar-refractivity contribution < 1.29 is 17.9 Å². The quantitative estimate of drug-likeness (QED) is 0.872. The number of hydrogen-bond donors (Lipinski definition) is 1. The standard InChI is InChI=1S/C14H15F2NO2/c1-2-17-8-14-10(5-6-18-14)9-19-13-4-3-11(15)7-12(13)16/h3-7,17H,2,8-9H2,1H3.